The number of hydrogen-bond donors (Lipinski definition) is 2. The highest BCUT2D eigenvalue weighted by atomic mass is 16.5. The molecule has 3 unspecified atom stereocenters. The van der Waals surface area contributed by atoms with E-state index in [1.54, 1.807) is 6.33 Å². The molecule has 0 amide bonds. The fourth-order valence-electron chi connectivity index (χ4n) is 3.20. The molecule has 1 aromatic rings. The van der Waals surface area contributed by atoms with Gasteiger partial charge in [0.25, 0.3) is 0 Å². The molecule has 5 nitrogen and oxygen atoms in total. The quantitative estimate of drug-likeness (QED) is 0.852. The summed E-state index contributed by atoms with van der Waals surface area (Å²) in [6, 6.07) is 0.411. The fraction of sp³-hybridized carbons (Fsp3) is 0.714. The molecule has 2 saturated heterocycles. The van der Waals surface area contributed by atoms with Crippen molar-refractivity contribution in [3.8, 4) is 0 Å². The molecule has 0 saturated carbocycles. The first-order valence-electron chi connectivity index (χ1n) is 7.25. The minimum atomic E-state index is 0.368. The van der Waals surface area contributed by atoms with Gasteiger partial charge in [0, 0.05) is 12.6 Å². The largest absolute Gasteiger partial charge is 0.373 e. The second-order valence-electron chi connectivity index (χ2n) is 5.41. The topological polar surface area (TPSA) is 59.1 Å². The molecule has 3 atom stereocenters. The zero-order chi connectivity index (χ0) is 13.2. The average molecular weight is 262 g/mol. The smallest absolute Gasteiger partial charge is 0.135 e. The van der Waals surface area contributed by atoms with Gasteiger partial charge >= 0.3 is 0 Å². The van der Waals surface area contributed by atoms with E-state index in [-0.39, 0.29) is 0 Å². The first kappa shape index (κ1) is 12.7. The van der Waals surface area contributed by atoms with Crippen LogP contribution in [0.25, 0.3) is 0 Å². The van der Waals surface area contributed by atoms with E-state index in [0.29, 0.717) is 18.2 Å². The van der Waals surface area contributed by atoms with Gasteiger partial charge in [0.1, 0.15) is 18.0 Å². The van der Waals surface area contributed by atoms with Crippen molar-refractivity contribution in [2.24, 2.45) is 0 Å². The summed E-state index contributed by atoms with van der Waals surface area (Å²) >= 11 is 0. The van der Waals surface area contributed by atoms with Crippen LogP contribution in [0.15, 0.2) is 6.33 Å². The van der Waals surface area contributed by atoms with Gasteiger partial charge in [-0.25, -0.2) is 9.97 Å². The van der Waals surface area contributed by atoms with Crippen molar-refractivity contribution in [3.63, 3.8) is 0 Å². The van der Waals surface area contributed by atoms with Crippen LogP contribution in [0.5, 0.6) is 0 Å². The fourth-order valence-corrected chi connectivity index (χ4v) is 3.20. The summed E-state index contributed by atoms with van der Waals surface area (Å²) in [5.74, 6) is 1.91. The Labute approximate surface area is 114 Å². The van der Waals surface area contributed by atoms with Crippen LogP contribution in [0, 0.1) is 0 Å². The van der Waals surface area contributed by atoms with E-state index in [4.69, 9.17) is 4.74 Å². The lowest BCUT2D eigenvalue weighted by atomic mass is 9.95. The second kappa shape index (κ2) is 5.33. The van der Waals surface area contributed by atoms with Gasteiger partial charge in [-0.3, -0.25) is 0 Å². The van der Waals surface area contributed by atoms with Crippen LogP contribution in [0.4, 0.5) is 11.6 Å². The van der Waals surface area contributed by atoms with E-state index < -0.39 is 0 Å². The molecule has 1 aromatic heterocycles. The molecule has 0 aliphatic carbocycles. The number of nitrogens with one attached hydrogen (secondary N) is 2. The van der Waals surface area contributed by atoms with Crippen molar-refractivity contribution in [2.45, 2.75) is 57.3 Å². The minimum Gasteiger partial charge on any atom is -0.373 e. The summed E-state index contributed by atoms with van der Waals surface area (Å²) in [6.07, 6.45) is 8.03. The minimum absolute atomic E-state index is 0.368. The average Bonchev–Trinajstić information content (AvgIpc) is 3.03. The maximum atomic E-state index is 5.89. The van der Waals surface area contributed by atoms with Crippen molar-refractivity contribution >= 4 is 11.6 Å². The van der Waals surface area contributed by atoms with E-state index in [1.165, 1.54) is 18.4 Å². The maximum absolute atomic E-state index is 5.89. The summed E-state index contributed by atoms with van der Waals surface area (Å²) in [4.78, 5) is 8.74. The third-order valence-corrected chi connectivity index (χ3v) is 4.11. The molecule has 0 spiro atoms. The van der Waals surface area contributed by atoms with Crippen LogP contribution in [0.3, 0.4) is 0 Å². The summed E-state index contributed by atoms with van der Waals surface area (Å²) in [7, 11) is 1.91. The molecule has 104 valence electrons. The van der Waals surface area contributed by atoms with Gasteiger partial charge in [0.15, 0.2) is 0 Å². The van der Waals surface area contributed by atoms with Crippen LogP contribution in [-0.4, -0.2) is 35.3 Å². The van der Waals surface area contributed by atoms with Crippen LogP contribution in [0.1, 0.15) is 38.2 Å². The van der Waals surface area contributed by atoms with Gasteiger partial charge in [-0.1, -0.05) is 13.3 Å². The Morgan fingerprint density at radius 1 is 1.32 bits per heavy atom. The number of hydrogen-bond acceptors (Lipinski definition) is 5. The Morgan fingerprint density at radius 3 is 2.79 bits per heavy atom. The molecule has 3 heterocycles. The molecule has 19 heavy (non-hydrogen) atoms. The predicted molar refractivity (Wildman–Crippen MR) is 75.5 cm³/mol. The second-order valence-corrected chi connectivity index (χ2v) is 5.41. The first-order chi connectivity index (χ1) is 9.31. The summed E-state index contributed by atoms with van der Waals surface area (Å²) in [5, 5.41) is 6.74. The molecule has 2 bridgehead atoms. The number of rotatable bonds is 5. The lowest BCUT2D eigenvalue weighted by molar-refractivity contribution is 0.102. The van der Waals surface area contributed by atoms with E-state index in [2.05, 4.69) is 27.5 Å². The molecule has 2 N–H and O–H groups in total. The van der Waals surface area contributed by atoms with Gasteiger partial charge in [-0.2, -0.15) is 0 Å². The summed E-state index contributed by atoms with van der Waals surface area (Å²) in [5.41, 5.74) is 1.19. The van der Waals surface area contributed by atoms with Gasteiger partial charge in [0.05, 0.1) is 18.2 Å². The number of fused-ring (bicyclic) bond motifs is 2. The van der Waals surface area contributed by atoms with Gasteiger partial charge in [0.2, 0.25) is 0 Å². The zero-order valence-corrected chi connectivity index (χ0v) is 11.6. The third kappa shape index (κ3) is 2.39. The summed E-state index contributed by atoms with van der Waals surface area (Å²) < 4.78 is 5.89. The molecular formula is C14H22N4O. The highest BCUT2D eigenvalue weighted by Gasteiger charge is 2.41. The van der Waals surface area contributed by atoms with Crippen molar-refractivity contribution < 1.29 is 4.74 Å². The Bertz CT molecular complexity index is 451. The molecule has 5 heteroatoms. The standard InChI is InChI=1S/C14H22N4O/c1-3-4-10-13(15-2)16-8-17-14(10)18-11-7-9-5-6-12(11)19-9/h8-9,11-12H,3-7H2,1-2H3,(H2,15,16,17,18). The van der Waals surface area contributed by atoms with Crippen LogP contribution in [-0.2, 0) is 11.2 Å². The molecule has 2 fully saturated rings. The Balaban J connectivity index is 1.79. The molecule has 2 aliphatic heterocycles. The normalized spacial score (nSPS) is 28.6. The first-order valence-corrected chi connectivity index (χ1v) is 7.25. The van der Waals surface area contributed by atoms with Crippen LogP contribution < -0.4 is 10.6 Å². The summed E-state index contributed by atoms with van der Waals surface area (Å²) in [6.45, 7) is 2.18. The lowest BCUT2D eigenvalue weighted by Gasteiger charge is -2.22. The van der Waals surface area contributed by atoms with E-state index in [1.807, 2.05) is 7.05 Å². The highest BCUT2D eigenvalue weighted by Crippen LogP contribution is 2.36. The molecule has 0 aromatic carbocycles. The SMILES string of the molecule is CCCc1c(NC)ncnc1NC1CC2CCC1O2. The van der Waals surface area contributed by atoms with Crippen molar-refractivity contribution in [2.75, 3.05) is 17.7 Å². The van der Waals surface area contributed by atoms with Crippen molar-refractivity contribution in [3.05, 3.63) is 11.9 Å². The van der Waals surface area contributed by atoms with E-state index in [0.717, 1.165) is 30.9 Å². The van der Waals surface area contributed by atoms with E-state index >= 15 is 0 Å². The Kier molecular flexibility index (Phi) is 3.55. The highest BCUT2D eigenvalue weighted by molar-refractivity contribution is 5.57. The maximum Gasteiger partial charge on any atom is 0.135 e. The number of nitrogens with zero attached hydrogens (tertiary/aromatic N) is 2. The third-order valence-electron chi connectivity index (χ3n) is 4.11. The molecule has 0 radical (unpaired) electrons. The van der Waals surface area contributed by atoms with Crippen molar-refractivity contribution in [1.82, 2.24) is 9.97 Å². The monoisotopic (exact) mass is 262 g/mol. The number of anilines is 2. The number of ether oxygens (including phenoxy) is 1. The van der Waals surface area contributed by atoms with Gasteiger partial charge in [-0.15, -0.1) is 0 Å². The van der Waals surface area contributed by atoms with Gasteiger partial charge < -0.3 is 15.4 Å². The molecular weight excluding hydrogens is 240 g/mol. The van der Waals surface area contributed by atoms with Gasteiger partial charge in [-0.05, 0) is 25.7 Å². The van der Waals surface area contributed by atoms with Crippen LogP contribution >= 0.6 is 0 Å². The zero-order valence-electron chi connectivity index (χ0n) is 11.6. The number of aromatic nitrogens is 2. The van der Waals surface area contributed by atoms with Crippen LogP contribution in [0.2, 0.25) is 0 Å². The van der Waals surface area contributed by atoms with Crippen molar-refractivity contribution in [1.29, 1.82) is 0 Å². The van der Waals surface area contributed by atoms with E-state index in [9.17, 15) is 0 Å². The predicted octanol–water partition coefficient (Wildman–Crippen LogP) is 2.20. The molecule has 2 aliphatic rings. The lowest BCUT2D eigenvalue weighted by Crippen LogP contribution is -2.31. The Hall–Kier alpha value is -1.36. The molecule has 3 rings (SSSR count). The Morgan fingerprint density at radius 2 is 2.16 bits per heavy atom.